The number of rotatable bonds is 5. The normalized spacial score (nSPS) is 10.2. The SMILES string of the molecule is COc1ccc2c(CCN=[N+]=[N-])cn(C(C)=O)c2c1OC. The van der Waals surface area contributed by atoms with E-state index in [2.05, 4.69) is 10.0 Å². The summed E-state index contributed by atoms with van der Waals surface area (Å²) in [5.74, 6) is 0.953. The quantitative estimate of drug-likeness (QED) is 0.480. The Morgan fingerprint density at radius 3 is 2.71 bits per heavy atom. The smallest absolute Gasteiger partial charge is 0.228 e. The van der Waals surface area contributed by atoms with Crippen molar-refractivity contribution >= 4 is 16.8 Å². The molecule has 1 aromatic carbocycles. The van der Waals surface area contributed by atoms with Gasteiger partial charge in [-0.3, -0.25) is 9.36 Å². The highest BCUT2D eigenvalue weighted by Gasteiger charge is 2.18. The molecule has 0 atom stereocenters. The second kappa shape index (κ2) is 6.19. The zero-order chi connectivity index (χ0) is 15.4. The third-order valence-electron chi connectivity index (χ3n) is 3.27. The van der Waals surface area contributed by atoms with Crippen molar-refractivity contribution in [3.05, 3.63) is 34.3 Å². The lowest BCUT2D eigenvalue weighted by atomic mass is 10.1. The van der Waals surface area contributed by atoms with Crippen LogP contribution in [0.4, 0.5) is 0 Å². The Balaban J connectivity index is 2.68. The van der Waals surface area contributed by atoms with Crippen molar-refractivity contribution < 1.29 is 14.3 Å². The maximum atomic E-state index is 11.9. The Morgan fingerprint density at radius 2 is 2.14 bits per heavy atom. The van der Waals surface area contributed by atoms with Crippen LogP contribution in [0.15, 0.2) is 23.4 Å². The van der Waals surface area contributed by atoms with E-state index in [1.54, 1.807) is 19.4 Å². The van der Waals surface area contributed by atoms with Gasteiger partial charge in [0.25, 0.3) is 0 Å². The van der Waals surface area contributed by atoms with Gasteiger partial charge in [-0.2, -0.15) is 0 Å². The van der Waals surface area contributed by atoms with Gasteiger partial charge in [0.15, 0.2) is 11.5 Å². The fourth-order valence-electron chi connectivity index (χ4n) is 2.36. The molecule has 110 valence electrons. The second-order valence-corrected chi connectivity index (χ2v) is 4.45. The van der Waals surface area contributed by atoms with Crippen LogP contribution in [-0.4, -0.2) is 31.2 Å². The van der Waals surface area contributed by atoms with E-state index in [0.29, 0.717) is 30.0 Å². The highest BCUT2D eigenvalue weighted by Crippen LogP contribution is 2.37. The highest BCUT2D eigenvalue weighted by molar-refractivity contribution is 5.98. The van der Waals surface area contributed by atoms with Gasteiger partial charge in [0.1, 0.15) is 5.52 Å². The second-order valence-electron chi connectivity index (χ2n) is 4.45. The van der Waals surface area contributed by atoms with E-state index in [1.807, 2.05) is 6.07 Å². The molecule has 0 amide bonds. The minimum Gasteiger partial charge on any atom is -0.493 e. The summed E-state index contributed by atoms with van der Waals surface area (Å²) in [6.07, 6.45) is 2.30. The van der Waals surface area contributed by atoms with Crippen molar-refractivity contribution in [3.8, 4) is 11.5 Å². The van der Waals surface area contributed by atoms with Crippen molar-refractivity contribution in [3.63, 3.8) is 0 Å². The van der Waals surface area contributed by atoms with Crippen LogP contribution >= 0.6 is 0 Å². The van der Waals surface area contributed by atoms with Crippen molar-refractivity contribution in [2.24, 2.45) is 5.11 Å². The number of aromatic nitrogens is 1. The molecule has 0 aliphatic carbocycles. The molecule has 0 aliphatic rings. The predicted octanol–water partition coefficient (Wildman–Crippen LogP) is 3.17. The summed E-state index contributed by atoms with van der Waals surface area (Å²) in [7, 11) is 3.09. The molecule has 1 heterocycles. The number of carbonyl (C=O) groups is 1. The summed E-state index contributed by atoms with van der Waals surface area (Å²) in [6, 6.07) is 3.67. The fourth-order valence-corrected chi connectivity index (χ4v) is 2.36. The molecule has 0 saturated carbocycles. The Bertz CT molecular complexity index is 729. The summed E-state index contributed by atoms with van der Waals surface area (Å²) in [6.45, 7) is 1.82. The van der Waals surface area contributed by atoms with E-state index in [4.69, 9.17) is 15.0 Å². The summed E-state index contributed by atoms with van der Waals surface area (Å²) >= 11 is 0. The molecule has 1 aromatic heterocycles. The lowest BCUT2D eigenvalue weighted by Gasteiger charge is -2.10. The first-order chi connectivity index (χ1) is 10.1. The summed E-state index contributed by atoms with van der Waals surface area (Å²) < 4.78 is 12.2. The van der Waals surface area contributed by atoms with Crippen molar-refractivity contribution in [2.45, 2.75) is 13.3 Å². The molecule has 0 saturated heterocycles. The number of nitrogens with zero attached hydrogens (tertiary/aromatic N) is 4. The van der Waals surface area contributed by atoms with Gasteiger partial charge in [0.2, 0.25) is 5.91 Å². The first kappa shape index (κ1) is 14.7. The molecule has 0 radical (unpaired) electrons. The van der Waals surface area contributed by atoms with Crippen molar-refractivity contribution in [1.82, 2.24) is 4.57 Å². The lowest BCUT2D eigenvalue weighted by Crippen LogP contribution is -2.05. The van der Waals surface area contributed by atoms with Crippen LogP contribution in [0.2, 0.25) is 0 Å². The van der Waals surface area contributed by atoms with Crippen LogP contribution in [0.1, 0.15) is 17.3 Å². The van der Waals surface area contributed by atoms with E-state index in [0.717, 1.165) is 10.9 Å². The molecule has 0 aliphatic heterocycles. The molecular weight excluding hydrogens is 272 g/mol. The van der Waals surface area contributed by atoms with Crippen molar-refractivity contribution in [2.75, 3.05) is 20.8 Å². The largest absolute Gasteiger partial charge is 0.493 e. The molecule has 0 unspecified atom stereocenters. The number of benzene rings is 1. The van der Waals surface area contributed by atoms with Gasteiger partial charge in [-0.05, 0) is 29.6 Å². The van der Waals surface area contributed by atoms with Crippen LogP contribution < -0.4 is 9.47 Å². The molecule has 0 bridgehead atoms. The van der Waals surface area contributed by atoms with Gasteiger partial charge in [-0.15, -0.1) is 0 Å². The van der Waals surface area contributed by atoms with Gasteiger partial charge in [0.05, 0.1) is 14.2 Å². The Morgan fingerprint density at radius 1 is 1.38 bits per heavy atom. The minimum absolute atomic E-state index is 0.124. The first-order valence-corrected chi connectivity index (χ1v) is 6.40. The number of fused-ring (bicyclic) bond motifs is 1. The van der Waals surface area contributed by atoms with Gasteiger partial charge in [-0.25, -0.2) is 0 Å². The number of hydrogen-bond acceptors (Lipinski definition) is 4. The van der Waals surface area contributed by atoms with Gasteiger partial charge < -0.3 is 9.47 Å². The van der Waals surface area contributed by atoms with E-state index in [9.17, 15) is 4.79 Å². The Kier molecular flexibility index (Phi) is 4.35. The standard InChI is InChI=1S/C14H16N4O3/c1-9(19)18-8-10(6-7-16-17-15)11-4-5-12(20-2)14(21-3)13(11)18/h4-5,8H,6-7H2,1-3H3. The van der Waals surface area contributed by atoms with E-state index in [-0.39, 0.29) is 5.91 Å². The molecule has 0 spiro atoms. The highest BCUT2D eigenvalue weighted by atomic mass is 16.5. The number of carbonyl (C=O) groups excluding carboxylic acids is 1. The molecule has 2 aromatic rings. The maximum absolute atomic E-state index is 11.9. The van der Waals surface area contributed by atoms with Crippen LogP contribution in [0, 0.1) is 0 Å². The monoisotopic (exact) mass is 288 g/mol. The number of methoxy groups -OCH3 is 2. The average molecular weight is 288 g/mol. The average Bonchev–Trinajstić information content (AvgIpc) is 2.85. The molecule has 7 heteroatoms. The number of hydrogen-bond donors (Lipinski definition) is 0. The molecule has 0 fully saturated rings. The maximum Gasteiger partial charge on any atom is 0.228 e. The van der Waals surface area contributed by atoms with E-state index < -0.39 is 0 Å². The number of ether oxygens (including phenoxy) is 2. The fraction of sp³-hybridized carbons (Fsp3) is 0.357. The summed E-state index contributed by atoms with van der Waals surface area (Å²) in [5, 5.41) is 4.42. The Hall–Kier alpha value is -2.66. The summed E-state index contributed by atoms with van der Waals surface area (Å²) in [4.78, 5) is 14.6. The molecule has 2 rings (SSSR count). The van der Waals surface area contributed by atoms with Crippen molar-refractivity contribution in [1.29, 1.82) is 0 Å². The van der Waals surface area contributed by atoms with E-state index in [1.165, 1.54) is 18.6 Å². The van der Waals surface area contributed by atoms with Crippen LogP contribution in [0.25, 0.3) is 21.3 Å². The van der Waals surface area contributed by atoms with Gasteiger partial charge in [-0.1, -0.05) is 5.11 Å². The van der Waals surface area contributed by atoms with Gasteiger partial charge >= 0.3 is 0 Å². The minimum atomic E-state index is -0.124. The molecule has 21 heavy (non-hydrogen) atoms. The topological polar surface area (TPSA) is 89.2 Å². The molecule has 0 N–H and O–H groups in total. The Labute approximate surface area is 121 Å². The van der Waals surface area contributed by atoms with Gasteiger partial charge in [0, 0.05) is 30.0 Å². The molecule has 7 nitrogen and oxygen atoms in total. The zero-order valence-electron chi connectivity index (χ0n) is 12.2. The van der Waals surface area contributed by atoms with Crippen LogP contribution in [0.5, 0.6) is 11.5 Å². The number of azide groups is 1. The van der Waals surface area contributed by atoms with E-state index >= 15 is 0 Å². The zero-order valence-corrected chi connectivity index (χ0v) is 12.2. The predicted molar refractivity (Wildman–Crippen MR) is 79.1 cm³/mol. The van der Waals surface area contributed by atoms with Crippen LogP contribution in [0.3, 0.4) is 0 Å². The van der Waals surface area contributed by atoms with Crippen LogP contribution in [-0.2, 0) is 6.42 Å². The summed E-state index contributed by atoms with van der Waals surface area (Å²) in [5.41, 5.74) is 9.96. The molecular formula is C14H16N4O3. The lowest BCUT2D eigenvalue weighted by molar-refractivity contribution is 0.0941. The third kappa shape index (κ3) is 2.64. The first-order valence-electron chi connectivity index (χ1n) is 6.40. The third-order valence-corrected chi connectivity index (χ3v) is 3.27.